The Morgan fingerprint density at radius 3 is 2.38 bits per heavy atom. The second-order valence-electron chi connectivity index (χ2n) is 6.36. The maximum absolute atomic E-state index is 13.2. The van der Waals surface area contributed by atoms with Crippen molar-refractivity contribution in [1.82, 2.24) is 4.98 Å². The minimum Gasteiger partial charge on any atom is -0.354 e. The van der Waals surface area contributed by atoms with E-state index in [-0.39, 0.29) is 5.43 Å². The predicted octanol–water partition coefficient (Wildman–Crippen LogP) is 2.93. The highest BCUT2D eigenvalue weighted by Crippen LogP contribution is 2.22. The van der Waals surface area contributed by atoms with Gasteiger partial charge in [-0.1, -0.05) is 42.0 Å². The predicted molar refractivity (Wildman–Crippen MR) is 100 cm³/mol. The molecule has 0 radical (unpaired) electrons. The summed E-state index contributed by atoms with van der Waals surface area (Å²) in [6, 6.07) is 16.2. The van der Waals surface area contributed by atoms with Crippen LogP contribution in [-0.4, -0.2) is 18.1 Å². The fourth-order valence-corrected chi connectivity index (χ4v) is 3.21. The van der Waals surface area contributed by atoms with E-state index in [4.69, 9.17) is 0 Å². The van der Waals surface area contributed by atoms with E-state index in [9.17, 15) is 4.79 Å². The van der Waals surface area contributed by atoms with Crippen LogP contribution in [0.5, 0.6) is 0 Å². The number of aromatic nitrogens is 1. The van der Waals surface area contributed by atoms with Gasteiger partial charge in [-0.05, 0) is 38.5 Å². The van der Waals surface area contributed by atoms with Crippen LogP contribution in [0.2, 0.25) is 0 Å². The summed E-state index contributed by atoms with van der Waals surface area (Å²) in [6.45, 7) is 9.13. The molecule has 3 rings (SSSR count). The third-order valence-corrected chi connectivity index (χ3v) is 4.74. The van der Waals surface area contributed by atoms with Gasteiger partial charge in [0.05, 0.1) is 24.3 Å². The van der Waals surface area contributed by atoms with Gasteiger partial charge in [0, 0.05) is 10.9 Å². The smallest absolute Gasteiger partial charge is 0.198 e. The minimum atomic E-state index is 0.158. The second kappa shape index (κ2) is 7.02. The second-order valence-corrected chi connectivity index (χ2v) is 6.36. The van der Waals surface area contributed by atoms with Gasteiger partial charge in [0.25, 0.3) is 0 Å². The number of hydrogen-bond acceptors (Lipinski definition) is 1. The van der Waals surface area contributed by atoms with Crippen molar-refractivity contribution in [1.29, 1.82) is 0 Å². The van der Waals surface area contributed by atoms with Crippen molar-refractivity contribution in [3.8, 4) is 11.3 Å². The Morgan fingerprint density at radius 1 is 1.00 bits per heavy atom. The molecule has 0 fully saturated rings. The summed E-state index contributed by atoms with van der Waals surface area (Å²) in [5.41, 5.74) is 5.09. The van der Waals surface area contributed by atoms with Gasteiger partial charge in [-0.25, -0.2) is 0 Å². The molecule has 0 saturated carbocycles. The van der Waals surface area contributed by atoms with Crippen LogP contribution in [0.4, 0.5) is 0 Å². The summed E-state index contributed by atoms with van der Waals surface area (Å²) in [4.78, 5) is 18.1. The standard InChI is InChI=1S/C21H24N2O/c1-4-23(5-2)14-18-20(16-9-7-6-8-10-16)22-19-12-11-15(3)13-17(19)21(18)24/h6-13H,4-5,14H2,1-3H3,(H,22,24)/p+1. The highest BCUT2D eigenvalue weighted by atomic mass is 16.1. The fourth-order valence-electron chi connectivity index (χ4n) is 3.21. The largest absolute Gasteiger partial charge is 0.354 e. The van der Waals surface area contributed by atoms with Crippen LogP contribution in [0.3, 0.4) is 0 Å². The number of nitrogens with one attached hydrogen (secondary N) is 2. The number of fused-ring (bicyclic) bond motifs is 1. The molecule has 1 heterocycles. The van der Waals surface area contributed by atoms with E-state index in [2.05, 4.69) is 31.0 Å². The molecule has 1 aromatic heterocycles. The third kappa shape index (κ3) is 3.13. The molecule has 3 nitrogen and oxygen atoms in total. The van der Waals surface area contributed by atoms with E-state index in [0.717, 1.165) is 52.9 Å². The summed E-state index contributed by atoms with van der Waals surface area (Å²) in [5, 5.41) is 0.788. The van der Waals surface area contributed by atoms with Gasteiger partial charge in [0.1, 0.15) is 6.54 Å². The molecule has 2 aromatic carbocycles. The molecule has 0 unspecified atom stereocenters. The topological polar surface area (TPSA) is 37.3 Å². The zero-order valence-electron chi connectivity index (χ0n) is 14.6. The number of benzene rings is 2. The number of rotatable bonds is 5. The Kier molecular flexibility index (Phi) is 4.81. The summed E-state index contributed by atoms with van der Waals surface area (Å²) >= 11 is 0. The van der Waals surface area contributed by atoms with Crippen LogP contribution in [0.25, 0.3) is 22.2 Å². The Hall–Kier alpha value is -2.39. The van der Waals surface area contributed by atoms with Gasteiger partial charge < -0.3 is 9.88 Å². The first-order valence-corrected chi connectivity index (χ1v) is 8.68. The van der Waals surface area contributed by atoms with Gasteiger partial charge in [-0.2, -0.15) is 0 Å². The molecule has 0 saturated heterocycles. The average Bonchev–Trinajstić information content (AvgIpc) is 2.62. The van der Waals surface area contributed by atoms with E-state index in [1.165, 1.54) is 4.90 Å². The number of aromatic amines is 1. The van der Waals surface area contributed by atoms with Crippen LogP contribution < -0.4 is 10.3 Å². The lowest BCUT2D eigenvalue weighted by molar-refractivity contribution is -0.910. The SMILES string of the molecule is CC[NH+](CC)Cc1c(-c2ccccc2)[nH]c2ccc(C)cc2c1=O. The van der Waals surface area contributed by atoms with Crippen molar-refractivity contribution in [2.24, 2.45) is 0 Å². The molecular formula is C21H25N2O+. The highest BCUT2D eigenvalue weighted by Gasteiger charge is 2.17. The normalized spacial score (nSPS) is 11.3. The van der Waals surface area contributed by atoms with Gasteiger partial charge >= 0.3 is 0 Å². The molecule has 0 spiro atoms. The molecule has 0 aliphatic heterocycles. The first-order valence-electron chi connectivity index (χ1n) is 8.68. The number of hydrogen-bond donors (Lipinski definition) is 2. The number of H-pyrrole nitrogens is 1. The Morgan fingerprint density at radius 2 is 1.71 bits per heavy atom. The zero-order chi connectivity index (χ0) is 17.1. The molecule has 2 N–H and O–H groups in total. The third-order valence-electron chi connectivity index (χ3n) is 4.74. The summed E-state index contributed by atoms with van der Waals surface area (Å²) < 4.78 is 0. The van der Waals surface area contributed by atoms with Crippen LogP contribution >= 0.6 is 0 Å². The molecule has 124 valence electrons. The van der Waals surface area contributed by atoms with E-state index >= 15 is 0 Å². The number of quaternary nitrogens is 1. The Labute approximate surface area is 143 Å². The lowest BCUT2D eigenvalue weighted by atomic mass is 10.0. The summed E-state index contributed by atoms with van der Waals surface area (Å²) in [5.74, 6) is 0. The number of aryl methyl sites for hydroxylation is 1. The fraction of sp³-hybridized carbons (Fsp3) is 0.286. The van der Waals surface area contributed by atoms with Crippen molar-refractivity contribution in [2.75, 3.05) is 13.1 Å². The molecule has 0 amide bonds. The van der Waals surface area contributed by atoms with Gasteiger partial charge in [-0.3, -0.25) is 4.79 Å². The molecule has 24 heavy (non-hydrogen) atoms. The molecule has 0 bridgehead atoms. The zero-order valence-corrected chi connectivity index (χ0v) is 14.6. The van der Waals surface area contributed by atoms with E-state index in [1.807, 2.05) is 43.3 Å². The van der Waals surface area contributed by atoms with Crippen LogP contribution in [0.15, 0.2) is 53.3 Å². The van der Waals surface area contributed by atoms with Crippen molar-refractivity contribution in [3.05, 3.63) is 69.9 Å². The minimum absolute atomic E-state index is 0.158. The maximum Gasteiger partial charge on any atom is 0.198 e. The van der Waals surface area contributed by atoms with Gasteiger partial charge in [0.2, 0.25) is 0 Å². The molecule has 0 atom stereocenters. The summed E-state index contributed by atoms with van der Waals surface area (Å²) in [7, 11) is 0. The van der Waals surface area contributed by atoms with Crippen LogP contribution in [0.1, 0.15) is 25.0 Å². The van der Waals surface area contributed by atoms with E-state index in [0.29, 0.717) is 0 Å². The first kappa shape index (κ1) is 16.5. The first-order chi connectivity index (χ1) is 11.6. The molecule has 0 aliphatic rings. The summed E-state index contributed by atoms with van der Waals surface area (Å²) in [6.07, 6.45) is 0. The molecule has 0 aliphatic carbocycles. The van der Waals surface area contributed by atoms with Crippen molar-refractivity contribution in [2.45, 2.75) is 27.3 Å². The van der Waals surface area contributed by atoms with Crippen molar-refractivity contribution < 1.29 is 4.90 Å². The molecular weight excluding hydrogens is 296 g/mol. The quantitative estimate of drug-likeness (QED) is 0.745. The van der Waals surface area contributed by atoms with Crippen LogP contribution in [-0.2, 0) is 6.54 Å². The van der Waals surface area contributed by atoms with E-state index < -0.39 is 0 Å². The monoisotopic (exact) mass is 321 g/mol. The lowest BCUT2D eigenvalue weighted by Crippen LogP contribution is -3.10. The highest BCUT2D eigenvalue weighted by molar-refractivity contribution is 5.83. The van der Waals surface area contributed by atoms with E-state index in [1.54, 1.807) is 0 Å². The molecule has 3 heteroatoms. The Balaban J connectivity index is 2.27. The van der Waals surface area contributed by atoms with Crippen LogP contribution in [0, 0.1) is 6.92 Å². The lowest BCUT2D eigenvalue weighted by Gasteiger charge is -2.18. The maximum atomic E-state index is 13.2. The number of pyridine rings is 1. The van der Waals surface area contributed by atoms with Gasteiger partial charge in [0.15, 0.2) is 5.43 Å². The van der Waals surface area contributed by atoms with Crippen molar-refractivity contribution >= 4 is 10.9 Å². The Bertz CT molecular complexity index is 893. The van der Waals surface area contributed by atoms with Crippen molar-refractivity contribution in [3.63, 3.8) is 0 Å². The molecule has 3 aromatic rings. The van der Waals surface area contributed by atoms with Gasteiger partial charge in [-0.15, -0.1) is 0 Å². The average molecular weight is 321 g/mol.